The summed E-state index contributed by atoms with van der Waals surface area (Å²) >= 11 is 0. The highest BCUT2D eigenvalue weighted by Gasteiger charge is 2.41. The Hall–Kier alpha value is -0.250. The van der Waals surface area contributed by atoms with Gasteiger partial charge >= 0.3 is 6.18 Å². The maximum absolute atomic E-state index is 12.7. The molecular formula is C16H30F3IN4. The van der Waals surface area contributed by atoms with Gasteiger partial charge in [-0.1, -0.05) is 0 Å². The highest BCUT2D eigenvalue weighted by Crippen LogP contribution is 2.39. The summed E-state index contributed by atoms with van der Waals surface area (Å²) in [4.78, 5) is 6.53. The molecule has 1 saturated carbocycles. The SMILES string of the molecule is CN=C(NCC1CCC(C(F)(F)F)CC1)NCC1CCN(C)C1.I. The van der Waals surface area contributed by atoms with Crippen molar-refractivity contribution in [3.8, 4) is 0 Å². The number of nitrogens with one attached hydrogen (secondary N) is 2. The Morgan fingerprint density at radius 1 is 1.04 bits per heavy atom. The molecule has 0 aromatic heterocycles. The lowest BCUT2D eigenvalue weighted by Crippen LogP contribution is -2.42. The third kappa shape index (κ3) is 6.93. The van der Waals surface area contributed by atoms with Crippen molar-refractivity contribution in [1.82, 2.24) is 15.5 Å². The van der Waals surface area contributed by atoms with E-state index in [1.165, 1.54) is 6.42 Å². The predicted molar refractivity (Wildman–Crippen MR) is 102 cm³/mol. The first-order chi connectivity index (χ1) is 10.9. The normalized spacial score (nSPS) is 29.2. The molecule has 1 atom stereocenters. The van der Waals surface area contributed by atoms with Gasteiger partial charge in [-0.3, -0.25) is 4.99 Å². The zero-order valence-electron chi connectivity index (χ0n) is 14.5. The molecular weight excluding hydrogens is 432 g/mol. The zero-order chi connectivity index (χ0) is 16.9. The highest BCUT2D eigenvalue weighted by atomic mass is 127. The van der Waals surface area contributed by atoms with Crippen LogP contribution < -0.4 is 10.6 Å². The fourth-order valence-electron chi connectivity index (χ4n) is 3.59. The molecule has 2 N–H and O–H groups in total. The van der Waals surface area contributed by atoms with E-state index in [1.807, 2.05) is 0 Å². The van der Waals surface area contributed by atoms with Gasteiger partial charge in [0.1, 0.15) is 0 Å². The van der Waals surface area contributed by atoms with Gasteiger partial charge in [-0.2, -0.15) is 13.2 Å². The number of hydrogen-bond donors (Lipinski definition) is 2. The third-order valence-corrected chi connectivity index (χ3v) is 5.14. The van der Waals surface area contributed by atoms with E-state index in [4.69, 9.17) is 0 Å². The molecule has 2 rings (SSSR count). The Morgan fingerprint density at radius 2 is 1.62 bits per heavy atom. The monoisotopic (exact) mass is 462 g/mol. The Labute approximate surface area is 160 Å². The first-order valence-corrected chi connectivity index (χ1v) is 8.58. The van der Waals surface area contributed by atoms with Crippen LogP contribution in [0.1, 0.15) is 32.1 Å². The second-order valence-electron chi connectivity index (χ2n) is 7.01. The fraction of sp³-hybridized carbons (Fsp3) is 0.938. The molecule has 2 aliphatic rings. The molecule has 0 radical (unpaired) electrons. The average Bonchev–Trinajstić information content (AvgIpc) is 2.92. The van der Waals surface area contributed by atoms with E-state index in [2.05, 4.69) is 27.6 Å². The largest absolute Gasteiger partial charge is 0.391 e. The Balaban J connectivity index is 0.00000288. The van der Waals surface area contributed by atoms with Crippen molar-refractivity contribution in [3.63, 3.8) is 0 Å². The van der Waals surface area contributed by atoms with Crippen molar-refractivity contribution in [3.05, 3.63) is 0 Å². The van der Waals surface area contributed by atoms with Gasteiger partial charge in [0, 0.05) is 26.7 Å². The van der Waals surface area contributed by atoms with Gasteiger partial charge in [-0.05, 0) is 57.5 Å². The summed E-state index contributed by atoms with van der Waals surface area (Å²) in [6.45, 7) is 3.84. The second kappa shape index (κ2) is 10.0. The van der Waals surface area contributed by atoms with Gasteiger partial charge in [0.05, 0.1) is 5.92 Å². The van der Waals surface area contributed by atoms with E-state index in [-0.39, 0.29) is 36.8 Å². The van der Waals surface area contributed by atoms with Gasteiger partial charge in [-0.15, -0.1) is 24.0 Å². The summed E-state index contributed by atoms with van der Waals surface area (Å²) in [5, 5.41) is 6.61. The highest BCUT2D eigenvalue weighted by molar-refractivity contribution is 14.0. The molecule has 1 saturated heterocycles. The van der Waals surface area contributed by atoms with Crippen LogP contribution in [0.15, 0.2) is 4.99 Å². The first kappa shape index (κ1) is 21.8. The van der Waals surface area contributed by atoms with Crippen molar-refractivity contribution in [2.75, 3.05) is 40.3 Å². The molecule has 1 unspecified atom stereocenters. The number of likely N-dealkylation sites (tertiary alicyclic amines) is 1. The van der Waals surface area contributed by atoms with E-state index in [9.17, 15) is 13.2 Å². The zero-order valence-corrected chi connectivity index (χ0v) is 16.9. The van der Waals surface area contributed by atoms with Crippen LogP contribution in [0.2, 0.25) is 0 Å². The lowest BCUT2D eigenvalue weighted by Gasteiger charge is -2.30. The van der Waals surface area contributed by atoms with Gasteiger partial charge in [0.2, 0.25) is 0 Å². The van der Waals surface area contributed by atoms with E-state index in [1.54, 1.807) is 7.05 Å². The molecule has 0 amide bonds. The van der Waals surface area contributed by atoms with Crippen LogP contribution in [0.5, 0.6) is 0 Å². The summed E-state index contributed by atoms with van der Waals surface area (Å²) in [5.74, 6) is 0.610. The quantitative estimate of drug-likeness (QED) is 0.383. The molecule has 0 spiro atoms. The summed E-state index contributed by atoms with van der Waals surface area (Å²) in [7, 11) is 3.86. The number of guanidine groups is 1. The van der Waals surface area contributed by atoms with Crippen LogP contribution in [-0.2, 0) is 0 Å². The van der Waals surface area contributed by atoms with E-state index >= 15 is 0 Å². The molecule has 1 heterocycles. The maximum Gasteiger partial charge on any atom is 0.391 e. The topological polar surface area (TPSA) is 39.7 Å². The minimum Gasteiger partial charge on any atom is -0.356 e. The minimum absolute atomic E-state index is 0. The second-order valence-corrected chi connectivity index (χ2v) is 7.01. The number of aliphatic imine (C=N–C) groups is 1. The van der Waals surface area contributed by atoms with Crippen LogP contribution in [0, 0.1) is 17.8 Å². The van der Waals surface area contributed by atoms with Crippen LogP contribution in [-0.4, -0.2) is 57.3 Å². The number of hydrogen-bond acceptors (Lipinski definition) is 2. The molecule has 142 valence electrons. The molecule has 2 fully saturated rings. The smallest absolute Gasteiger partial charge is 0.356 e. The Kier molecular flexibility index (Phi) is 9.11. The minimum atomic E-state index is -4.02. The van der Waals surface area contributed by atoms with Crippen LogP contribution in [0.4, 0.5) is 13.2 Å². The van der Waals surface area contributed by atoms with Gasteiger partial charge in [0.25, 0.3) is 0 Å². The molecule has 1 aliphatic carbocycles. The maximum atomic E-state index is 12.7. The summed E-state index contributed by atoms with van der Waals surface area (Å²) in [5.41, 5.74) is 0. The predicted octanol–water partition coefficient (Wildman–Crippen LogP) is 3.09. The molecule has 0 aromatic rings. The van der Waals surface area contributed by atoms with E-state index in [0.29, 0.717) is 31.2 Å². The number of halogens is 4. The number of alkyl halides is 3. The fourth-order valence-corrected chi connectivity index (χ4v) is 3.59. The van der Waals surface area contributed by atoms with E-state index < -0.39 is 12.1 Å². The molecule has 1 aliphatic heterocycles. The Bertz CT molecular complexity index is 395. The van der Waals surface area contributed by atoms with Crippen molar-refractivity contribution in [2.24, 2.45) is 22.7 Å². The number of nitrogens with zero attached hydrogens (tertiary/aromatic N) is 2. The van der Waals surface area contributed by atoms with Crippen molar-refractivity contribution < 1.29 is 13.2 Å². The molecule has 0 aromatic carbocycles. The molecule has 24 heavy (non-hydrogen) atoms. The van der Waals surface area contributed by atoms with Crippen molar-refractivity contribution in [1.29, 1.82) is 0 Å². The summed E-state index contributed by atoms with van der Waals surface area (Å²) in [6, 6.07) is 0. The standard InChI is InChI=1S/C16H29F3N4.HI/c1-20-15(22-10-13-7-8-23(2)11-13)21-9-12-3-5-14(6-4-12)16(17,18)19;/h12-14H,3-11H2,1-2H3,(H2,20,21,22);1H. The lowest BCUT2D eigenvalue weighted by molar-refractivity contribution is -0.183. The molecule has 0 bridgehead atoms. The van der Waals surface area contributed by atoms with E-state index in [0.717, 1.165) is 25.6 Å². The van der Waals surface area contributed by atoms with Crippen LogP contribution in [0.3, 0.4) is 0 Å². The summed E-state index contributed by atoms with van der Waals surface area (Å²) in [6.07, 6.45) is -1.03. The average molecular weight is 462 g/mol. The lowest BCUT2D eigenvalue weighted by atomic mass is 9.81. The van der Waals surface area contributed by atoms with Crippen molar-refractivity contribution >= 4 is 29.9 Å². The van der Waals surface area contributed by atoms with Gasteiger partial charge < -0.3 is 15.5 Å². The van der Waals surface area contributed by atoms with Gasteiger partial charge in [-0.25, -0.2) is 0 Å². The molecule has 4 nitrogen and oxygen atoms in total. The van der Waals surface area contributed by atoms with Crippen LogP contribution in [0.25, 0.3) is 0 Å². The summed E-state index contributed by atoms with van der Waals surface area (Å²) < 4.78 is 38.0. The number of rotatable bonds is 4. The molecule has 8 heteroatoms. The van der Waals surface area contributed by atoms with Crippen molar-refractivity contribution in [2.45, 2.75) is 38.3 Å². The van der Waals surface area contributed by atoms with Crippen LogP contribution >= 0.6 is 24.0 Å². The van der Waals surface area contributed by atoms with Gasteiger partial charge in [0.15, 0.2) is 5.96 Å². The third-order valence-electron chi connectivity index (χ3n) is 5.14. The Morgan fingerprint density at radius 3 is 2.08 bits per heavy atom. The first-order valence-electron chi connectivity index (χ1n) is 8.58.